The molecule has 1 N–H and O–H groups in total. The number of rotatable bonds is 2. The lowest BCUT2D eigenvalue weighted by atomic mass is 10.1. The van der Waals surface area contributed by atoms with E-state index in [2.05, 4.69) is 4.90 Å². The van der Waals surface area contributed by atoms with Crippen LogP contribution in [-0.4, -0.2) is 48.5 Å². The van der Waals surface area contributed by atoms with Crippen LogP contribution in [0.4, 0.5) is 0 Å². The topological polar surface area (TPSA) is 32.7 Å². The van der Waals surface area contributed by atoms with Gasteiger partial charge in [-0.3, -0.25) is 4.90 Å². The number of nitrogens with zero attached hydrogens (tertiary/aromatic N) is 1. The Labute approximate surface area is 79.7 Å². The number of hydrogen-bond donors (Lipinski definition) is 1. The Bertz CT molecular complexity index is 157. The van der Waals surface area contributed by atoms with Gasteiger partial charge in [0.15, 0.2) is 0 Å². The van der Waals surface area contributed by atoms with Crippen molar-refractivity contribution < 1.29 is 9.84 Å². The monoisotopic (exact) mass is 185 g/mol. The van der Waals surface area contributed by atoms with E-state index in [0.717, 1.165) is 26.2 Å². The molecule has 2 atom stereocenters. The van der Waals surface area contributed by atoms with Crippen LogP contribution in [0, 0.1) is 0 Å². The highest BCUT2D eigenvalue weighted by atomic mass is 16.5. The predicted octanol–water partition coefficient (Wildman–Crippen LogP) is 0.622. The maximum absolute atomic E-state index is 9.18. The fourth-order valence-electron chi connectivity index (χ4n) is 2.52. The summed E-state index contributed by atoms with van der Waals surface area (Å²) in [6.07, 6.45) is 4.82. The molecule has 0 aromatic rings. The molecule has 2 aliphatic heterocycles. The van der Waals surface area contributed by atoms with Crippen LogP contribution in [0.1, 0.15) is 25.7 Å². The molecule has 0 saturated carbocycles. The molecule has 0 aromatic carbocycles. The SMILES string of the molecule is OC[C@H]1CCCN1C1CCCOC1. The number of hydrogen-bond acceptors (Lipinski definition) is 3. The maximum atomic E-state index is 9.18. The molecule has 1 unspecified atom stereocenters. The van der Waals surface area contributed by atoms with E-state index in [-0.39, 0.29) is 0 Å². The highest BCUT2D eigenvalue weighted by molar-refractivity contribution is 4.85. The van der Waals surface area contributed by atoms with Crippen molar-refractivity contribution in [3.8, 4) is 0 Å². The quantitative estimate of drug-likeness (QED) is 0.684. The lowest BCUT2D eigenvalue weighted by Gasteiger charge is -2.34. The van der Waals surface area contributed by atoms with E-state index in [1.807, 2.05) is 0 Å². The largest absolute Gasteiger partial charge is 0.395 e. The Morgan fingerprint density at radius 1 is 1.31 bits per heavy atom. The minimum Gasteiger partial charge on any atom is -0.395 e. The molecule has 2 aliphatic rings. The molecule has 3 heteroatoms. The molecule has 0 aliphatic carbocycles. The van der Waals surface area contributed by atoms with Crippen molar-refractivity contribution in [3.05, 3.63) is 0 Å². The van der Waals surface area contributed by atoms with Crippen molar-refractivity contribution in [1.29, 1.82) is 0 Å². The normalized spacial score (nSPS) is 36.7. The third kappa shape index (κ3) is 2.03. The molecule has 13 heavy (non-hydrogen) atoms. The summed E-state index contributed by atoms with van der Waals surface area (Å²) in [6, 6.07) is 0.986. The maximum Gasteiger partial charge on any atom is 0.0621 e. The summed E-state index contributed by atoms with van der Waals surface area (Å²) in [5.74, 6) is 0. The first-order valence-electron chi connectivity index (χ1n) is 5.36. The number of aliphatic hydroxyl groups excluding tert-OH is 1. The molecule has 0 amide bonds. The number of likely N-dealkylation sites (tertiary alicyclic amines) is 1. The molecule has 2 heterocycles. The van der Waals surface area contributed by atoms with Crippen molar-refractivity contribution in [3.63, 3.8) is 0 Å². The molecule has 2 saturated heterocycles. The van der Waals surface area contributed by atoms with Crippen molar-refractivity contribution >= 4 is 0 Å². The molecular weight excluding hydrogens is 166 g/mol. The third-order valence-corrected chi connectivity index (χ3v) is 3.24. The highest BCUT2D eigenvalue weighted by Crippen LogP contribution is 2.23. The van der Waals surface area contributed by atoms with Crippen molar-refractivity contribution in [2.45, 2.75) is 37.8 Å². The van der Waals surface area contributed by atoms with Crippen molar-refractivity contribution in [1.82, 2.24) is 4.90 Å². The molecule has 76 valence electrons. The summed E-state index contributed by atoms with van der Waals surface area (Å²) >= 11 is 0. The fraction of sp³-hybridized carbons (Fsp3) is 1.00. The molecular formula is C10H19NO2. The Morgan fingerprint density at radius 2 is 2.23 bits per heavy atom. The summed E-state index contributed by atoms with van der Waals surface area (Å²) in [7, 11) is 0. The number of aliphatic hydroxyl groups is 1. The van der Waals surface area contributed by atoms with E-state index < -0.39 is 0 Å². The molecule has 0 aromatic heterocycles. The summed E-state index contributed by atoms with van der Waals surface area (Å²) in [4.78, 5) is 2.44. The average molecular weight is 185 g/mol. The van der Waals surface area contributed by atoms with Gasteiger partial charge < -0.3 is 9.84 Å². The lowest BCUT2D eigenvalue weighted by molar-refractivity contribution is 0.00388. The Kier molecular flexibility index (Phi) is 3.19. The van der Waals surface area contributed by atoms with E-state index in [0.29, 0.717) is 18.7 Å². The summed E-state index contributed by atoms with van der Waals surface area (Å²) < 4.78 is 5.46. The van der Waals surface area contributed by atoms with E-state index in [9.17, 15) is 5.11 Å². The second kappa shape index (κ2) is 4.40. The van der Waals surface area contributed by atoms with Crippen molar-refractivity contribution in [2.75, 3.05) is 26.4 Å². The second-order valence-electron chi connectivity index (χ2n) is 4.09. The van der Waals surface area contributed by atoms with Gasteiger partial charge in [0.1, 0.15) is 0 Å². The van der Waals surface area contributed by atoms with Gasteiger partial charge in [0.05, 0.1) is 13.2 Å². The molecule has 3 nitrogen and oxygen atoms in total. The zero-order chi connectivity index (χ0) is 9.10. The van der Waals surface area contributed by atoms with E-state index >= 15 is 0 Å². The molecule has 0 radical (unpaired) electrons. The standard InChI is InChI=1S/C10H19NO2/c12-7-9-3-1-5-11(9)10-4-2-6-13-8-10/h9-10,12H,1-8H2/t9-,10?/m1/s1. The zero-order valence-electron chi connectivity index (χ0n) is 8.11. The Morgan fingerprint density at radius 3 is 2.92 bits per heavy atom. The second-order valence-corrected chi connectivity index (χ2v) is 4.09. The van der Waals surface area contributed by atoms with Crippen LogP contribution >= 0.6 is 0 Å². The van der Waals surface area contributed by atoms with E-state index in [4.69, 9.17) is 4.74 Å². The van der Waals surface area contributed by atoms with Gasteiger partial charge in [0.25, 0.3) is 0 Å². The third-order valence-electron chi connectivity index (χ3n) is 3.24. The van der Waals surface area contributed by atoms with Gasteiger partial charge in [0, 0.05) is 18.7 Å². The smallest absolute Gasteiger partial charge is 0.0621 e. The summed E-state index contributed by atoms with van der Waals surface area (Å²) in [6.45, 7) is 3.26. The van der Waals surface area contributed by atoms with Crippen LogP contribution in [-0.2, 0) is 4.74 Å². The fourth-order valence-corrected chi connectivity index (χ4v) is 2.52. The Balaban J connectivity index is 1.90. The Hall–Kier alpha value is -0.120. The van der Waals surface area contributed by atoms with E-state index in [1.165, 1.54) is 19.3 Å². The van der Waals surface area contributed by atoms with Gasteiger partial charge in [-0.05, 0) is 32.2 Å². The predicted molar refractivity (Wildman–Crippen MR) is 50.7 cm³/mol. The molecule has 2 rings (SSSR count). The van der Waals surface area contributed by atoms with E-state index in [1.54, 1.807) is 0 Å². The zero-order valence-corrected chi connectivity index (χ0v) is 8.11. The van der Waals surface area contributed by atoms with Crippen LogP contribution in [0.5, 0.6) is 0 Å². The summed E-state index contributed by atoms with van der Waals surface area (Å²) in [5.41, 5.74) is 0. The van der Waals surface area contributed by atoms with Gasteiger partial charge in [-0.1, -0.05) is 0 Å². The number of ether oxygens (including phenoxy) is 1. The van der Waals surface area contributed by atoms with Crippen LogP contribution in [0.15, 0.2) is 0 Å². The van der Waals surface area contributed by atoms with Crippen LogP contribution in [0.3, 0.4) is 0 Å². The van der Waals surface area contributed by atoms with Crippen LogP contribution in [0.25, 0.3) is 0 Å². The highest BCUT2D eigenvalue weighted by Gasteiger charge is 2.31. The van der Waals surface area contributed by atoms with Gasteiger partial charge in [-0.2, -0.15) is 0 Å². The van der Waals surface area contributed by atoms with Gasteiger partial charge in [-0.15, -0.1) is 0 Å². The molecule has 0 spiro atoms. The van der Waals surface area contributed by atoms with Gasteiger partial charge in [-0.25, -0.2) is 0 Å². The van der Waals surface area contributed by atoms with Crippen LogP contribution < -0.4 is 0 Å². The summed E-state index contributed by atoms with van der Waals surface area (Å²) in [5, 5.41) is 9.18. The first-order chi connectivity index (χ1) is 6.42. The lowest BCUT2D eigenvalue weighted by Crippen LogP contribution is -2.45. The molecule has 0 bridgehead atoms. The minimum absolute atomic E-state index is 0.316. The molecule has 2 fully saturated rings. The minimum atomic E-state index is 0.316. The van der Waals surface area contributed by atoms with Crippen molar-refractivity contribution in [2.24, 2.45) is 0 Å². The van der Waals surface area contributed by atoms with Crippen LogP contribution in [0.2, 0.25) is 0 Å². The van der Waals surface area contributed by atoms with Gasteiger partial charge >= 0.3 is 0 Å². The first-order valence-corrected chi connectivity index (χ1v) is 5.36. The average Bonchev–Trinajstić information content (AvgIpc) is 2.67. The first kappa shape index (κ1) is 9.44. The van der Waals surface area contributed by atoms with Gasteiger partial charge in [0.2, 0.25) is 0 Å².